The Balaban J connectivity index is 2.05. The van der Waals surface area contributed by atoms with Gasteiger partial charge < -0.3 is 9.47 Å². The molecule has 176 valence electrons. The second-order valence-electron chi connectivity index (χ2n) is 10.9. The van der Waals surface area contributed by atoms with Gasteiger partial charge in [-0.2, -0.15) is 0 Å². The van der Waals surface area contributed by atoms with Crippen molar-refractivity contribution in [2.24, 2.45) is 23.2 Å². The number of allylic oxidation sites excluding steroid dienone is 4. The van der Waals surface area contributed by atoms with Crippen molar-refractivity contribution in [3.8, 4) is 0 Å². The molecule has 5 nitrogen and oxygen atoms in total. The summed E-state index contributed by atoms with van der Waals surface area (Å²) in [5.74, 6) is 0.0387. The molecule has 0 N–H and O–H groups in total. The molecular weight excluding hydrogens is 404 g/mol. The SMILES string of the molecule is COC(C)(C)C1CCC2(C)CC1C1=C(C(CC(C)=O)OC1=O)C2C=CCC(=O)C=C(C)C. The normalized spacial score (nSPS) is 32.0. The predicted molar refractivity (Wildman–Crippen MR) is 124 cm³/mol. The van der Waals surface area contributed by atoms with Gasteiger partial charge in [-0.15, -0.1) is 0 Å². The van der Waals surface area contributed by atoms with E-state index in [4.69, 9.17) is 9.47 Å². The van der Waals surface area contributed by atoms with Crippen LogP contribution in [0, 0.1) is 23.2 Å². The van der Waals surface area contributed by atoms with E-state index in [-0.39, 0.29) is 52.7 Å². The van der Waals surface area contributed by atoms with Crippen LogP contribution < -0.4 is 0 Å². The highest BCUT2D eigenvalue weighted by atomic mass is 16.5. The number of methoxy groups -OCH3 is 1. The topological polar surface area (TPSA) is 69.7 Å². The summed E-state index contributed by atoms with van der Waals surface area (Å²) in [5.41, 5.74) is 2.29. The number of carbonyl (C=O) groups excluding carboxylic acids is 3. The molecule has 0 spiro atoms. The minimum absolute atomic E-state index is 0.00710. The van der Waals surface area contributed by atoms with Crippen LogP contribution in [0.4, 0.5) is 0 Å². The number of ketones is 2. The van der Waals surface area contributed by atoms with Crippen molar-refractivity contribution in [2.45, 2.75) is 85.4 Å². The molecule has 5 heteroatoms. The lowest BCUT2D eigenvalue weighted by Crippen LogP contribution is -2.50. The fraction of sp³-hybridized carbons (Fsp3) is 0.667. The van der Waals surface area contributed by atoms with Gasteiger partial charge in [0, 0.05) is 31.4 Å². The molecule has 2 bridgehead atoms. The van der Waals surface area contributed by atoms with E-state index in [1.165, 1.54) is 6.92 Å². The number of esters is 1. The average molecular weight is 443 g/mol. The predicted octanol–water partition coefficient (Wildman–Crippen LogP) is 5.15. The molecule has 3 rings (SSSR count). The standard InChI is InChI=1S/C27H38O5/c1-16(2)13-18(29)9-8-10-21-24-22(14-17(3)28)32-25(30)23(24)19-15-27(21,6)12-11-20(19)26(4,5)31-7/h8,10,13,19-22H,9,11-12,14-15H2,1-7H3. The van der Waals surface area contributed by atoms with E-state index in [0.29, 0.717) is 6.42 Å². The molecule has 1 fully saturated rings. The van der Waals surface area contributed by atoms with Crippen LogP contribution in [-0.4, -0.2) is 36.4 Å². The Morgan fingerprint density at radius 3 is 2.53 bits per heavy atom. The first-order valence-corrected chi connectivity index (χ1v) is 11.7. The number of carbonyl (C=O) groups is 3. The molecule has 5 atom stereocenters. The third-order valence-corrected chi connectivity index (χ3v) is 7.77. The molecule has 0 radical (unpaired) electrons. The Kier molecular flexibility index (Phi) is 6.99. The molecule has 1 aliphatic heterocycles. The van der Waals surface area contributed by atoms with Crippen molar-refractivity contribution in [3.63, 3.8) is 0 Å². The van der Waals surface area contributed by atoms with Crippen LogP contribution >= 0.6 is 0 Å². The highest BCUT2D eigenvalue weighted by Gasteiger charge is 2.57. The lowest BCUT2D eigenvalue weighted by molar-refractivity contribution is -0.142. The minimum atomic E-state index is -0.510. The highest BCUT2D eigenvalue weighted by Crippen LogP contribution is 2.61. The van der Waals surface area contributed by atoms with Crippen molar-refractivity contribution >= 4 is 17.5 Å². The van der Waals surface area contributed by atoms with Crippen LogP contribution in [0.1, 0.15) is 73.6 Å². The number of rotatable bonds is 8. The Labute approximate surface area is 192 Å². The first kappa shape index (κ1) is 24.6. The number of cyclic esters (lactones) is 1. The Morgan fingerprint density at radius 2 is 1.94 bits per heavy atom. The molecule has 1 saturated carbocycles. The maximum absolute atomic E-state index is 13.1. The summed E-state index contributed by atoms with van der Waals surface area (Å²) >= 11 is 0. The fourth-order valence-corrected chi connectivity index (χ4v) is 6.11. The maximum atomic E-state index is 13.1. The molecule has 2 aliphatic carbocycles. The number of Topliss-reactive ketones (excluding diaryl/α,β-unsaturated/α-hetero) is 1. The molecule has 1 heterocycles. The Morgan fingerprint density at radius 1 is 1.25 bits per heavy atom. The quantitative estimate of drug-likeness (QED) is 0.295. The van der Waals surface area contributed by atoms with Gasteiger partial charge in [-0.3, -0.25) is 9.59 Å². The summed E-state index contributed by atoms with van der Waals surface area (Å²) in [6.45, 7) is 11.8. The van der Waals surface area contributed by atoms with Crippen molar-refractivity contribution in [1.29, 1.82) is 0 Å². The molecule has 0 amide bonds. The zero-order valence-corrected chi connectivity index (χ0v) is 20.6. The molecule has 0 aromatic rings. The van der Waals surface area contributed by atoms with Crippen LogP contribution in [-0.2, 0) is 23.9 Å². The van der Waals surface area contributed by atoms with Gasteiger partial charge in [0.05, 0.1) is 5.60 Å². The Bertz CT molecular complexity index is 886. The smallest absolute Gasteiger partial charge is 0.335 e. The first-order valence-electron chi connectivity index (χ1n) is 11.7. The maximum Gasteiger partial charge on any atom is 0.335 e. The molecular formula is C27H38O5. The van der Waals surface area contributed by atoms with E-state index in [2.05, 4.69) is 26.8 Å². The first-order chi connectivity index (χ1) is 14.9. The molecule has 32 heavy (non-hydrogen) atoms. The van der Waals surface area contributed by atoms with E-state index >= 15 is 0 Å². The van der Waals surface area contributed by atoms with E-state index in [1.807, 2.05) is 19.9 Å². The third-order valence-electron chi connectivity index (χ3n) is 7.77. The van der Waals surface area contributed by atoms with E-state index in [9.17, 15) is 14.4 Å². The summed E-state index contributed by atoms with van der Waals surface area (Å²) in [6.07, 6.45) is 8.54. The second kappa shape index (κ2) is 9.09. The third kappa shape index (κ3) is 4.68. The van der Waals surface area contributed by atoms with Gasteiger partial charge >= 0.3 is 5.97 Å². The number of fused-ring (bicyclic) bond motifs is 3. The lowest BCUT2D eigenvalue weighted by Gasteiger charge is -2.54. The van der Waals surface area contributed by atoms with Crippen molar-refractivity contribution in [3.05, 3.63) is 34.9 Å². The molecule has 0 aromatic heterocycles. The van der Waals surface area contributed by atoms with Crippen LogP contribution in [0.25, 0.3) is 0 Å². The van der Waals surface area contributed by atoms with Crippen LogP contribution in [0.2, 0.25) is 0 Å². The monoisotopic (exact) mass is 442 g/mol. The van der Waals surface area contributed by atoms with E-state index < -0.39 is 6.10 Å². The summed E-state index contributed by atoms with van der Waals surface area (Å²) in [6, 6.07) is 0. The van der Waals surface area contributed by atoms with Gasteiger partial charge in [-0.05, 0) is 82.8 Å². The van der Waals surface area contributed by atoms with Gasteiger partial charge in [-0.1, -0.05) is 24.6 Å². The zero-order valence-electron chi connectivity index (χ0n) is 20.6. The lowest BCUT2D eigenvalue weighted by atomic mass is 9.51. The number of ether oxygens (including phenoxy) is 2. The molecule has 5 unspecified atom stereocenters. The van der Waals surface area contributed by atoms with E-state index in [1.54, 1.807) is 13.2 Å². The van der Waals surface area contributed by atoms with Gasteiger partial charge in [0.25, 0.3) is 0 Å². The summed E-state index contributed by atoms with van der Waals surface area (Å²) in [7, 11) is 1.73. The van der Waals surface area contributed by atoms with E-state index in [0.717, 1.165) is 36.0 Å². The largest absolute Gasteiger partial charge is 0.454 e. The molecule has 0 saturated heterocycles. The molecule has 3 aliphatic rings. The Hall–Kier alpha value is -2.01. The highest BCUT2D eigenvalue weighted by molar-refractivity contribution is 5.95. The zero-order chi connectivity index (χ0) is 23.8. The van der Waals surface area contributed by atoms with Crippen LogP contribution in [0.5, 0.6) is 0 Å². The average Bonchev–Trinajstić information content (AvgIpc) is 2.98. The summed E-state index contributed by atoms with van der Waals surface area (Å²) < 4.78 is 11.6. The molecule has 0 aromatic carbocycles. The number of hydrogen-bond acceptors (Lipinski definition) is 5. The summed E-state index contributed by atoms with van der Waals surface area (Å²) in [5, 5.41) is 0. The van der Waals surface area contributed by atoms with Gasteiger partial charge in [0.1, 0.15) is 11.9 Å². The summed E-state index contributed by atoms with van der Waals surface area (Å²) in [4.78, 5) is 37.3. The van der Waals surface area contributed by atoms with Gasteiger partial charge in [0.2, 0.25) is 0 Å². The fourth-order valence-electron chi connectivity index (χ4n) is 6.11. The van der Waals surface area contributed by atoms with Crippen molar-refractivity contribution in [2.75, 3.05) is 7.11 Å². The van der Waals surface area contributed by atoms with Gasteiger partial charge in [-0.25, -0.2) is 4.79 Å². The minimum Gasteiger partial charge on any atom is -0.454 e. The van der Waals surface area contributed by atoms with Crippen LogP contribution in [0.15, 0.2) is 34.9 Å². The van der Waals surface area contributed by atoms with Crippen molar-refractivity contribution in [1.82, 2.24) is 0 Å². The second-order valence-corrected chi connectivity index (χ2v) is 10.9. The van der Waals surface area contributed by atoms with Crippen LogP contribution in [0.3, 0.4) is 0 Å². The number of hydrogen-bond donors (Lipinski definition) is 0. The van der Waals surface area contributed by atoms with Gasteiger partial charge in [0.15, 0.2) is 5.78 Å². The van der Waals surface area contributed by atoms with Crippen molar-refractivity contribution < 1.29 is 23.9 Å².